The van der Waals surface area contributed by atoms with Crippen molar-refractivity contribution in [3.63, 3.8) is 0 Å². The third-order valence-electron chi connectivity index (χ3n) is 4.28. The van der Waals surface area contributed by atoms with E-state index in [2.05, 4.69) is 0 Å². The highest BCUT2D eigenvalue weighted by Crippen LogP contribution is 2.46. The van der Waals surface area contributed by atoms with E-state index in [1.54, 1.807) is 0 Å². The van der Waals surface area contributed by atoms with Gasteiger partial charge < -0.3 is 33.9 Å². The first-order chi connectivity index (χ1) is 12.8. The summed E-state index contributed by atoms with van der Waals surface area (Å²) in [5.41, 5.74) is -0.0422. The Morgan fingerprint density at radius 1 is 0.926 bits per heavy atom. The lowest BCUT2D eigenvalue weighted by Crippen LogP contribution is -2.09. The molecule has 0 atom stereocenters. The van der Waals surface area contributed by atoms with E-state index in [-0.39, 0.29) is 51.0 Å². The van der Waals surface area contributed by atoms with Crippen molar-refractivity contribution < 1.29 is 33.9 Å². The van der Waals surface area contributed by atoms with E-state index in [9.17, 15) is 20.1 Å². The van der Waals surface area contributed by atoms with E-state index in [1.165, 1.54) is 46.5 Å². The molecule has 0 saturated heterocycles. The molecule has 0 aliphatic rings. The van der Waals surface area contributed by atoms with Gasteiger partial charge in [0.05, 0.1) is 21.3 Å². The topological polar surface area (TPSA) is 119 Å². The van der Waals surface area contributed by atoms with Crippen LogP contribution in [0.3, 0.4) is 0 Å². The fraction of sp³-hybridized carbons (Fsp3) is 0.211. The molecule has 0 aliphatic carbocycles. The lowest BCUT2D eigenvalue weighted by molar-refractivity contribution is 0.344. The number of aromatic hydroxyl groups is 3. The Kier molecular flexibility index (Phi) is 4.49. The van der Waals surface area contributed by atoms with Crippen molar-refractivity contribution in [2.75, 3.05) is 21.3 Å². The summed E-state index contributed by atoms with van der Waals surface area (Å²) in [7, 11) is 3.94. The number of hydrogen-bond acceptors (Lipinski definition) is 8. The van der Waals surface area contributed by atoms with Gasteiger partial charge in [0.2, 0.25) is 16.9 Å². The van der Waals surface area contributed by atoms with Crippen LogP contribution in [0.25, 0.3) is 22.3 Å². The van der Waals surface area contributed by atoms with E-state index in [0.29, 0.717) is 5.56 Å². The molecule has 0 saturated carbocycles. The zero-order valence-corrected chi connectivity index (χ0v) is 15.1. The van der Waals surface area contributed by atoms with Crippen molar-refractivity contribution >= 4 is 11.0 Å². The second-order valence-corrected chi connectivity index (χ2v) is 5.74. The van der Waals surface area contributed by atoms with Gasteiger partial charge in [-0.2, -0.15) is 0 Å². The Morgan fingerprint density at radius 3 is 2.19 bits per heavy atom. The first-order valence-corrected chi connectivity index (χ1v) is 7.86. The zero-order valence-electron chi connectivity index (χ0n) is 15.1. The molecule has 0 unspecified atom stereocenters. The molecule has 8 nitrogen and oxygen atoms in total. The Hall–Kier alpha value is -3.55. The normalized spacial score (nSPS) is 10.8. The minimum absolute atomic E-state index is 0.0151. The van der Waals surface area contributed by atoms with E-state index in [0.717, 1.165) is 0 Å². The molecule has 142 valence electrons. The van der Waals surface area contributed by atoms with Gasteiger partial charge in [0, 0.05) is 11.1 Å². The molecule has 0 fully saturated rings. The third-order valence-corrected chi connectivity index (χ3v) is 4.28. The standard InChI is InChI=1S/C19H18O8/c1-8-13(21)18(25-3)14(22)12-15(23)19(26-4)17(27-16(8)12)9-5-6-10(20)11(7-9)24-2/h5-7,20-22H,1-4H3. The Morgan fingerprint density at radius 2 is 1.59 bits per heavy atom. The maximum atomic E-state index is 13.0. The summed E-state index contributed by atoms with van der Waals surface area (Å²) < 4.78 is 21.1. The molecule has 1 aromatic heterocycles. The molecular formula is C19H18O8. The number of fused-ring (bicyclic) bond motifs is 1. The summed E-state index contributed by atoms with van der Waals surface area (Å²) in [6.07, 6.45) is 0. The second kappa shape index (κ2) is 6.64. The molecule has 0 bridgehead atoms. The highest BCUT2D eigenvalue weighted by Gasteiger charge is 2.26. The molecule has 0 radical (unpaired) electrons. The second-order valence-electron chi connectivity index (χ2n) is 5.74. The first-order valence-electron chi connectivity index (χ1n) is 7.86. The van der Waals surface area contributed by atoms with Crippen LogP contribution in [0, 0.1) is 6.92 Å². The molecular weight excluding hydrogens is 356 g/mol. The van der Waals surface area contributed by atoms with Crippen LogP contribution in [0.1, 0.15) is 5.56 Å². The average Bonchev–Trinajstić information content (AvgIpc) is 2.66. The summed E-state index contributed by atoms with van der Waals surface area (Å²) in [6, 6.07) is 4.37. The monoisotopic (exact) mass is 374 g/mol. The molecule has 0 aliphatic heterocycles. The maximum Gasteiger partial charge on any atom is 0.239 e. The summed E-state index contributed by atoms with van der Waals surface area (Å²) in [6.45, 7) is 1.52. The van der Waals surface area contributed by atoms with Crippen LogP contribution in [-0.4, -0.2) is 36.6 Å². The number of phenolic OH excluding ortho intramolecular Hbond substituents is 3. The molecule has 0 spiro atoms. The number of ether oxygens (including phenoxy) is 3. The Bertz CT molecular complexity index is 1100. The van der Waals surface area contributed by atoms with Crippen LogP contribution in [-0.2, 0) is 0 Å². The SMILES string of the molecule is COc1cc(-c2oc3c(C)c(O)c(OC)c(O)c3c(=O)c2OC)ccc1O. The minimum Gasteiger partial charge on any atom is -0.504 e. The van der Waals surface area contributed by atoms with Crippen LogP contribution >= 0.6 is 0 Å². The van der Waals surface area contributed by atoms with Crippen LogP contribution in [0.4, 0.5) is 0 Å². The van der Waals surface area contributed by atoms with Gasteiger partial charge in [-0.25, -0.2) is 0 Å². The zero-order chi connectivity index (χ0) is 19.9. The van der Waals surface area contributed by atoms with Gasteiger partial charge in [-0.15, -0.1) is 0 Å². The number of benzene rings is 2. The molecule has 27 heavy (non-hydrogen) atoms. The van der Waals surface area contributed by atoms with Crippen LogP contribution in [0.2, 0.25) is 0 Å². The van der Waals surface area contributed by atoms with E-state index >= 15 is 0 Å². The summed E-state index contributed by atoms with van der Waals surface area (Å²) in [5.74, 6) is -1.12. The molecule has 1 heterocycles. The van der Waals surface area contributed by atoms with Crippen LogP contribution in [0.15, 0.2) is 27.4 Å². The van der Waals surface area contributed by atoms with Crippen LogP contribution in [0.5, 0.6) is 34.5 Å². The van der Waals surface area contributed by atoms with Crippen molar-refractivity contribution in [2.24, 2.45) is 0 Å². The van der Waals surface area contributed by atoms with Gasteiger partial charge >= 0.3 is 0 Å². The number of aryl methyl sites for hydroxylation is 1. The first kappa shape index (κ1) is 18.2. The summed E-state index contributed by atoms with van der Waals surface area (Å²) >= 11 is 0. The Labute approximate surface area is 153 Å². The van der Waals surface area contributed by atoms with Gasteiger partial charge in [-0.1, -0.05) is 0 Å². The lowest BCUT2D eigenvalue weighted by atomic mass is 10.0. The van der Waals surface area contributed by atoms with Crippen molar-refractivity contribution in [3.8, 4) is 45.8 Å². The maximum absolute atomic E-state index is 13.0. The predicted molar refractivity (Wildman–Crippen MR) is 97.3 cm³/mol. The van der Waals surface area contributed by atoms with Crippen molar-refractivity contribution in [2.45, 2.75) is 6.92 Å². The summed E-state index contributed by atoms with van der Waals surface area (Å²) in [4.78, 5) is 13.0. The molecule has 2 aromatic carbocycles. The quantitative estimate of drug-likeness (QED) is 0.638. The fourth-order valence-electron chi connectivity index (χ4n) is 2.89. The van der Waals surface area contributed by atoms with E-state index in [1.807, 2.05) is 0 Å². The molecule has 3 N–H and O–H groups in total. The smallest absolute Gasteiger partial charge is 0.239 e. The largest absolute Gasteiger partial charge is 0.504 e. The molecule has 3 rings (SSSR count). The van der Waals surface area contributed by atoms with Crippen molar-refractivity contribution in [3.05, 3.63) is 34.0 Å². The molecule has 0 amide bonds. The Balaban J connectivity index is 2.46. The molecule has 3 aromatic rings. The third kappa shape index (κ3) is 2.66. The number of hydrogen-bond donors (Lipinski definition) is 3. The number of rotatable bonds is 4. The number of methoxy groups -OCH3 is 3. The average molecular weight is 374 g/mol. The van der Waals surface area contributed by atoms with E-state index < -0.39 is 11.2 Å². The molecule has 8 heteroatoms. The van der Waals surface area contributed by atoms with Gasteiger partial charge in [-0.05, 0) is 25.1 Å². The van der Waals surface area contributed by atoms with Crippen molar-refractivity contribution in [1.29, 1.82) is 0 Å². The summed E-state index contributed by atoms with van der Waals surface area (Å²) in [5, 5.41) is 30.2. The van der Waals surface area contributed by atoms with E-state index in [4.69, 9.17) is 18.6 Å². The lowest BCUT2D eigenvalue weighted by Gasteiger charge is -2.15. The van der Waals surface area contributed by atoms with Crippen LogP contribution < -0.4 is 19.6 Å². The van der Waals surface area contributed by atoms with Gasteiger partial charge in [0.15, 0.2) is 28.8 Å². The highest BCUT2D eigenvalue weighted by molar-refractivity contribution is 5.94. The van der Waals surface area contributed by atoms with Gasteiger partial charge in [0.1, 0.15) is 11.0 Å². The fourth-order valence-corrected chi connectivity index (χ4v) is 2.89. The minimum atomic E-state index is -0.639. The number of phenols is 3. The van der Waals surface area contributed by atoms with Crippen molar-refractivity contribution in [1.82, 2.24) is 0 Å². The van der Waals surface area contributed by atoms with Gasteiger partial charge in [0.25, 0.3) is 0 Å². The van der Waals surface area contributed by atoms with Gasteiger partial charge in [-0.3, -0.25) is 4.79 Å². The predicted octanol–water partition coefficient (Wildman–Crippen LogP) is 2.91. The highest BCUT2D eigenvalue weighted by atomic mass is 16.5.